The van der Waals surface area contributed by atoms with Gasteiger partial charge in [-0.2, -0.15) is 5.10 Å². The number of amides is 1. The zero-order chi connectivity index (χ0) is 14.5. The highest BCUT2D eigenvalue weighted by Gasteiger charge is 2.26. The van der Waals surface area contributed by atoms with Gasteiger partial charge in [0.05, 0.1) is 32.4 Å². The molecule has 1 amide bonds. The zero-order valence-corrected chi connectivity index (χ0v) is 11.7. The predicted molar refractivity (Wildman–Crippen MR) is 71.7 cm³/mol. The van der Waals surface area contributed by atoms with Crippen molar-refractivity contribution in [2.75, 3.05) is 33.5 Å². The first-order chi connectivity index (χ1) is 9.63. The van der Waals surface area contributed by atoms with Gasteiger partial charge in [-0.05, 0) is 13.0 Å². The Morgan fingerprint density at radius 3 is 3.05 bits per heavy atom. The SMILES string of the molecule is COCCn1nc(C(=O)N2CCOC[C@@H]2C)ccc1=O. The van der Waals surface area contributed by atoms with E-state index in [-0.39, 0.29) is 23.2 Å². The minimum Gasteiger partial charge on any atom is -0.383 e. The van der Waals surface area contributed by atoms with Crippen molar-refractivity contribution in [1.82, 2.24) is 14.7 Å². The molecular formula is C13H19N3O4. The van der Waals surface area contributed by atoms with Gasteiger partial charge in [0.15, 0.2) is 0 Å². The first-order valence-corrected chi connectivity index (χ1v) is 6.59. The smallest absolute Gasteiger partial charge is 0.274 e. The summed E-state index contributed by atoms with van der Waals surface area (Å²) in [5, 5.41) is 4.11. The lowest BCUT2D eigenvalue weighted by Crippen LogP contribution is -2.47. The minimum absolute atomic E-state index is 0.0115. The van der Waals surface area contributed by atoms with Crippen LogP contribution in [-0.4, -0.2) is 60.1 Å². The molecule has 0 spiro atoms. The average molecular weight is 281 g/mol. The fraction of sp³-hybridized carbons (Fsp3) is 0.615. The highest BCUT2D eigenvalue weighted by atomic mass is 16.5. The number of carbonyl (C=O) groups excluding carboxylic acids is 1. The Morgan fingerprint density at radius 2 is 2.35 bits per heavy atom. The van der Waals surface area contributed by atoms with E-state index >= 15 is 0 Å². The van der Waals surface area contributed by atoms with Gasteiger partial charge >= 0.3 is 0 Å². The molecular weight excluding hydrogens is 262 g/mol. The van der Waals surface area contributed by atoms with Gasteiger partial charge < -0.3 is 14.4 Å². The van der Waals surface area contributed by atoms with E-state index in [2.05, 4.69) is 5.10 Å². The van der Waals surface area contributed by atoms with Crippen LogP contribution < -0.4 is 5.56 Å². The van der Waals surface area contributed by atoms with Crippen molar-refractivity contribution in [3.63, 3.8) is 0 Å². The van der Waals surface area contributed by atoms with E-state index in [1.54, 1.807) is 12.0 Å². The highest BCUT2D eigenvalue weighted by molar-refractivity contribution is 5.92. The van der Waals surface area contributed by atoms with Gasteiger partial charge in [-0.25, -0.2) is 4.68 Å². The summed E-state index contributed by atoms with van der Waals surface area (Å²) >= 11 is 0. The highest BCUT2D eigenvalue weighted by Crippen LogP contribution is 2.10. The van der Waals surface area contributed by atoms with Crippen LogP contribution in [0.2, 0.25) is 0 Å². The number of aromatic nitrogens is 2. The number of nitrogens with zero attached hydrogens (tertiary/aromatic N) is 3. The normalized spacial score (nSPS) is 19.1. The standard InChI is InChI=1S/C13H19N3O4/c1-10-9-20-8-5-15(10)13(18)11-3-4-12(17)16(14-11)6-7-19-2/h3-4,10H,5-9H2,1-2H3/t10-/m0/s1. The predicted octanol–water partition coefficient (Wildman–Crippen LogP) is -0.249. The third kappa shape index (κ3) is 3.23. The van der Waals surface area contributed by atoms with Gasteiger partial charge in [0.2, 0.25) is 0 Å². The van der Waals surface area contributed by atoms with Gasteiger partial charge in [-0.3, -0.25) is 9.59 Å². The van der Waals surface area contributed by atoms with Crippen LogP contribution in [0.15, 0.2) is 16.9 Å². The van der Waals surface area contributed by atoms with Crippen LogP contribution in [0.25, 0.3) is 0 Å². The molecule has 2 rings (SSSR count). The van der Waals surface area contributed by atoms with E-state index in [0.717, 1.165) is 0 Å². The van der Waals surface area contributed by atoms with Crippen LogP contribution >= 0.6 is 0 Å². The second-order valence-electron chi connectivity index (χ2n) is 4.70. The van der Waals surface area contributed by atoms with Crippen molar-refractivity contribution >= 4 is 5.91 Å². The van der Waals surface area contributed by atoms with Crippen molar-refractivity contribution in [2.24, 2.45) is 0 Å². The molecule has 7 nitrogen and oxygen atoms in total. The van der Waals surface area contributed by atoms with Crippen molar-refractivity contribution in [1.29, 1.82) is 0 Å². The summed E-state index contributed by atoms with van der Waals surface area (Å²) in [7, 11) is 1.55. The summed E-state index contributed by atoms with van der Waals surface area (Å²) in [6.07, 6.45) is 0. The maximum atomic E-state index is 12.4. The second-order valence-corrected chi connectivity index (χ2v) is 4.70. The molecule has 20 heavy (non-hydrogen) atoms. The molecule has 1 aromatic rings. The number of rotatable bonds is 4. The Kier molecular flexibility index (Phi) is 4.86. The number of morpholine rings is 1. The fourth-order valence-corrected chi connectivity index (χ4v) is 2.08. The zero-order valence-electron chi connectivity index (χ0n) is 11.7. The second kappa shape index (κ2) is 6.62. The summed E-state index contributed by atoms with van der Waals surface area (Å²) in [6, 6.07) is 2.84. The Balaban J connectivity index is 2.19. The Bertz CT molecular complexity index is 529. The van der Waals surface area contributed by atoms with Crippen molar-refractivity contribution < 1.29 is 14.3 Å². The fourth-order valence-electron chi connectivity index (χ4n) is 2.08. The lowest BCUT2D eigenvalue weighted by Gasteiger charge is -2.33. The van der Waals surface area contributed by atoms with Crippen LogP contribution in [0.5, 0.6) is 0 Å². The van der Waals surface area contributed by atoms with E-state index in [1.807, 2.05) is 6.92 Å². The van der Waals surface area contributed by atoms with Crippen LogP contribution in [0.3, 0.4) is 0 Å². The van der Waals surface area contributed by atoms with Gasteiger partial charge in [-0.15, -0.1) is 0 Å². The van der Waals surface area contributed by atoms with Crippen molar-refractivity contribution in [3.05, 3.63) is 28.2 Å². The summed E-state index contributed by atoms with van der Waals surface area (Å²) in [5.74, 6) is -0.174. The molecule has 1 fully saturated rings. The molecule has 0 N–H and O–H groups in total. The summed E-state index contributed by atoms with van der Waals surface area (Å²) in [6.45, 7) is 4.22. The molecule has 0 bridgehead atoms. The van der Waals surface area contributed by atoms with Crippen molar-refractivity contribution in [3.8, 4) is 0 Å². The molecule has 7 heteroatoms. The number of hydrogen-bond donors (Lipinski definition) is 0. The van der Waals surface area contributed by atoms with E-state index in [0.29, 0.717) is 32.9 Å². The molecule has 0 radical (unpaired) electrons. The molecule has 2 heterocycles. The van der Waals surface area contributed by atoms with Gasteiger partial charge in [0, 0.05) is 19.7 Å². The Morgan fingerprint density at radius 1 is 1.55 bits per heavy atom. The van der Waals surface area contributed by atoms with Crippen molar-refractivity contribution in [2.45, 2.75) is 19.5 Å². The summed E-state index contributed by atoms with van der Waals surface area (Å²) in [5.41, 5.74) is 0.0306. The molecule has 1 atom stereocenters. The Labute approximate surface area is 117 Å². The molecule has 0 aliphatic carbocycles. The van der Waals surface area contributed by atoms with Crippen LogP contribution in [0.4, 0.5) is 0 Å². The first-order valence-electron chi connectivity index (χ1n) is 6.59. The largest absolute Gasteiger partial charge is 0.383 e. The first kappa shape index (κ1) is 14.7. The third-order valence-corrected chi connectivity index (χ3v) is 3.22. The monoisotopic (exact) mass is 281 g/mol. The number of carbonyl (C=O) groups is 1. The molecule has 1 aliphatic heterocycles. The molecule has 0 unspecified atom stereocenters. The quantitative estimate of drug-likeness (QED) is 0.761. The lowest BCUT2D eigenvalue weighted by atomic mass is 10.2. The van der Waals surface area contributed by atoms with Crippen LogP contribution in [0, 0.1) is 0 Å². The number of methoxy groups -OCH3 is 1. The third-order valence-electron chi connectivity index (χ3n) is 3.22. The summed E-state index contributed by atoms with van der Waals surface area (Å²) < 4.78 is 11.5. The van der Waals surface area contributed by atoms with Crippen LogP contribution in [0.1, 0.15) is 17.4 Å². The van der Waals surface area contributed by atoms with E-state index in [9.17, 15) is 9.59 Å². The molecule has 110 valence electrons. The van der Waals surface area contributed by atoms with E-state index in [1.165, 1.54) is 16.8 Å². The lowest BCUT2D eigenvalue weighted by molar-refractivity contribution is 0.00311. The van der Waals surface area contributed by atoms with E-state index < -0.39 is 0 Å². The minimum atomic E-state index is -0.242. The molecule has 0 aromatic carbocycles. The topological polar surface area (TPSA) is 73.7 Å². The number of hydrogen-bond acceptors (Lipinski definition) is 5. The maximum absolute atomic E-state index is 12.4. The molecule has 1 aromatic heterocycles. The molecule has 1 aliphatic rings. The maximum Gasteiger partial charge on any atom is 0.274 e. The molecule has 0 saturated carbocycles. The molecule has 1 saturated heterocycles. The van der Waals surface area contributed by atoms with E-state index in [4.69, 9.17) is 9.47 Å². The Hall–Kier alpha value is -1.73. The van der Waals surface area contributed by atoms with Crippen LogP contribution in [-0.2, 0) is 16.0 Å². The summed E-state index contributed by atoms with van der Waals surface area (Å²) in [4.78, 5) is 25.8. The number of ether oxygens (including phenoxy) is 2. The van der Waals surface area contributed by atoms with Gasteiger partial charge in [-0.1, -0.05) is 0 Å². The van der Waals surface area contributed by atoms with Gasteiger partial charge in [0.25, 0.3) is 11.5 Å². The van der Waals surface area contributed by atoms with Gasteiger partial charge in [0.1, 0.15) is 5.69 Å². The average Bonchev–Trinajstić information content (AvgIpc) is 2.46.